The fraction of sp³-hybridized carbons (Fsp3) is 0.444. The number of aromatic nitrogens is 1. The van der Waals surface area contributed by atoms with E-state index in [1.165, 1.54) is 0 Å². The lowest BCUT2D eigenvalue weighted by Gasteiger charge is -2.00. The van der Waals surface area contributed by atoms with Crippen LogP contribution in [0.25, 0.3) is 0 Å². The van der Waals surface area contributed by atoms with Crippen LogP contribution in [0.3, 0.4) is 0 Å². The van der Waals surface area contributed by atoms with Gasteiger partial charge in [-0.15, -0.1) is 0 Å². The number of hydrogen-bond donors (Lipinski definition) is 0. The Balaban J connectivity index is 2.45. The van der Waals surface area contributed by atoms with Crippen molar-refractivity contribution in [3.05, 3.63) is 29.3 Å². The molecular weight excluding hydrogens is 141 g/mol. The van der Waals surface area contributed by atoms with Gasteiger partial charge in [-0.05, 0) is 31.4 Å². The summed E-state index contributed by atoms with van der Waals surface area (Å²) < 4.78 is 13.2. The third kappa shape index (κ3) is 1.13. The lowest BCUT2D eigenvalue weighted by atomic mass is 10.2. The van der Waals surface area contributed by atoms with Crippen molar-refractivity contribution in [2.75, 3.05) is 0 Å². The van der Waals surface area contributed by atoms with Gasteiger partial charge in [0.25, 0.3) is 0 Å². The van der Waals surface area contributed by atoms with E-state index in [-0.39, 0.29) is 5.82 Å². The van der Waals surface area contributed by atoms with Gasteiger partial charge in [-0.25, -0.2) is 4.39 Å². The lowest BCUT2D eigenvalue weighted by molar-refractivity contribution is 0.591. The monoisotopic (exact) mass is 151 g/mol. The van der Waals surface area contributed by atoms with Crippen LogP contribution in [0, 0.1) is 12.7 Å². The van der Waals surface area contributed by atoms with E-state index in [1.54, 1.807) is 19.2 Å². The molecule has 1 fully saturated rings. The van der Waals surface area contributed by atoms with Gasteiger partial charge in [0.2, 0.25) is 0 Å². The summed E-state index contributed by atoms with van der Waals surface area (Å²) in [5.41, 5.74) is 1.38. The largest absolute Gasteiger partial charge is 0.258 e. The highest BCUT2D eigenvalue weighted by Crippen LogP contribution is 2.40. The molecule has 0 bridgehead atoms. The summed E-state index contributed by atoms with van der Waals surface area (Å²) in [7, 11) is 0. The predicted octanol–water partition coefficient (Wildman–Crippen LogP) is 2.41. The second-order valence-corrected chi connectivity index (χ2v) is 3.10. The number of hydrogen-bond acceptors (Lipinski definition) is 1. The van der Waals surface area contributed by atoms with Crippen LogP contribution >= 0.6 is 0 Å². The summed E-state index contributed by atoms with van der Waals surface area (Å²) in [5.74, 6) is 0.310. The van der Waals surface area contributed by atoms with Gasteiger partial charge in [0.05, 0.1) is 5.69 Å². The fourth-order valence-electron chi connectivity index (χ4n) is 1.20. The summed E-state index contributed by atoms with van der Waals surface area (Å²) in [6, 6.07) is 1.71. The summed E-state index contributed by atoms with van der Waals surface area (Å²) in [6.45, 7) is 1.78. The first-order valence-corrected chi connectivity index (χ1v) is 3.90. The molecule has 11 heavy (non-hydrogen) atoms. The van der Waals surface area contributed by atoms with Crippen molar-refractivity contribution < 1.29 is 4.39 Å². The van der Waals surface area contributed by atoms with Crippen LogP contribution in [0.5, 0.6) is 0 Å². The van der Waals surface area contributed by atoms with E-state index in [9.17, 15) is 4.39 Å². The van der Waals surface area contributed by atoms with E-state index in [0.717, 1.165) is 12.8 Å². The third-order valence-electron chi connectivity index (χ3n) is 2.07. The first kappa shape index (κ1) is 6.77. The van der Waals surface area contributed by atoms with E-state index in [1.807, 2.05) is 0 Å². The quantitative estimate of drug-likeness (QED) is 0.600. The minimum Gasteiger partial charge on any atom is -0.258 e. The molecule has 0 spiro atoms. The lowest BCUT2D eigenvalue weighted by Crippen LogP contribution is -1.94. The SMILES string of the molecule is Cc1ccnc(C2CC2)c1F. The number of halogens is 1. The van der Waals surface area contributed by atoms with Gasteiger partial charge in [-0.3, -0.25) is 4.98 Å². The molecular formula is C9H10FN. The zero-order valence-electron chi connectivity index (χ0n) is 6.47. The molecule has 2 heteroatoms. The molecule has 1 heterocycles. The Hall–Kier alpha value is -0.920. The van der Waals surface area contributed by atoms with Crippen LogP contribution in [0.4, 0.5) is 4.39 Å². The Morgan fingerprint density at radius 2 is 2.27 bits per heavy atom. The van der Waals surface area contributed by atoms with Crippen molar-refractivity contribution in [2.45, 2.75) is 25.7 Å². The molecule has 1 aromatic rings. The minimum absolute atomic E-state index is 0.102. The van der Waals surface area contributed by atoms with Gasteiger partial charge in [-0.1, -0.05) is 0 Å². The molecule has 0 saturated heterocycles. The van der Waals surface area contributed by atoms with Crippen LogP contribution < -0.4 is 0 Å². The van der Waals surface area contributed by atoms with Crippen molar-refractivity contribution in [3.8, 4) is 0 Å². The smallest absolute Gasteiger partial charge is 0.147 e. The third-order valence-corrected chi connectivity index (χ3v) is 2.07. The standard InChI is InChI=1S/C9H10FN/c1-6-4-5-11-9(8(6)10)7-2-3-7/h4-5,7H,2-3H2,1H3. The molecule has 0 amide bonds. The van der Waals surface area contributed by atoms with Gasteiger partial charge in [0, 0.05) is 12.1 Å². The Morgan fingerprint density at radius 1 is 1.55 bits per heavy atom. The van der Waals surface area contributed by atoms with Crippen LogP contribution in [0.1, 0.15) is 30.0 Å². The van der Waals surface area contributed by atoms with Crippen LogP contribution in [-0.2, 0) is 0 Å². The zero-order valence-corrected chi connectivity index (χ0v) is 6.47. The van der Waals surface area contributed by atoms with Crippen molar-refractivity contribution in [3.63, 3.8) is 0 Å². The molecule has 1 nitrogen and oxygen atoms in total. The topological polar surface area (TPSA) is 12.9 Å². The van der Waals surface area contributed by atoms with E-state index >= 15 is 0 Å². The molecule has 0 aromatic carbocycles. The van der Waals surface area contributed by atoms with Gasteiger partial charge < -0.3 is 0 Å². The molecule has 0 unspecified atom stereocenters. The van der Waals surface area contributed by atoms with E-state index in [0.29, 0.717) is 17.2 Å². The average molecular weight is 151 g/mol. The maximum atomic E-state index is 13.2. The van der Waals surface area contributed by atoms with Crippen molar-refractivity contribution >= 4 is 0 Å². The molecule has 0 N–H and O–H groups in total. The number of pyridine rings is 1. The number of aryl methyl sites for hydroxylation is 1. The van der Waals surface area contributed by atoms with Gasteiger partial charge in [0.15, 0.2) is 0 Å². The molecule has 1 saturated carbocycles. The molecule has 1 aliphatic rings. The Labute approximate surface area is 65.3 Å². The van der Waals surface area contributed by atoms with Crippen LogP contribution in [-0.4, -0.2) is 4.98 Å². The zero-order chi connectivity index (χ0) is 7.84. The fourth-order valence-corrected chi connectivity index (χ4v) is 1.20. The number of nitrogens with zero attached hydrogens (tertiary/aromatic N) is 1. The van der Waals surface area contributed by atoms with Crippen molar-refractivity contribution in [2.24, 2.45) is 0 Å². The highest BCUT2D eigenvalue weighted by molar-refractivity contribution is 5.23. The summed E-state index contributed by atoms with van der Waals surface area (Å²) >= 11 is 0. The first-order valence-electron chi connectivity index (χ1n) is 3.90. The Kier molecular flexibility index (Phi) is 1.41. The van der Waals surface area contributed by atoms with Crippen LogP contribution in [0.2, 0.25) is 0 Å². The summed E-state index contributed by atoms with van der Waals surface area (Å²) in [4.78, 5) is 4.03. The predicted molar refractivity (Wildman–Crippen MR) is 40.9 cm³/mol. The van der Waals surface area contributed by atoms with Crippen molar-refractivity contribution in [1.29, 1.82) is 0 Å². The normalized spacial score (nSPS) is 16.9. The van der Waals surface area contributed by atoms with E-state index < -0.39 is 0 Å². The first-order chi connectivity index (χ1) is 5.29. The van der Waals surface area contributed by atoms with Gasteiger partial charge >= 0.3 is 0 Å². The van der Waals surface area contributed by atoms with Crippen LogP contribution in [0.15, 0.2) is 12.3 Å². The Morgan fingerprint density at radius 3 is 2.91 bits per heavy atom. The minimum atomic E-state index is -0.102. The molecule has 0 atom stereocenters. The summed E-state index contributed by atoms with van der Waals surface area (Å²) in [5, 5.41) is 0. The molecule has 0 aliphatic heterocycles. The molecule has 1 aromatic heterocycles. The second-order valence-electron chi connectivity index (χ2n) is 3.10. The maximum Gasteiger partial charge on any atom is 0.147 e. The second kappa shape index (κ2) is 2.29. The molecule has 58 valence electrons. The molecule has 2 rings (SSSR count). The Bertz CT molecular complexity index is 279. The highest BCUT2D eigenvalue weighted by Gasteiger charge is 2.28. The highest BCUT2D eigenvalue weighted by atomic mass is 19.1. The molecule has 0 radical (unpaired) electrons. The molecule has 1 aliphatic carbocycles. The maximum absolute atomic E-state index is 13.2. The van der Waals surface area contributed by atoms with Crippen molar-refractivity contribution in [1.82, 2.24) is 4.98 Å². The van der Waals surface area contributed by atoms with Gasteiger partial charge in [0.1, 0.15) is 5.82 Å². The van der Waals surface area contributed by atoms with Gasteiger partial charge in [-0.2, -0.15) is 0 Å². The number of rotatable bonds is 1. The summed E-state index contributed by atoms with van der Waals surface area (Å²) in [6.07, 6.45) is 3.90. The van der Waals surface area contributed by atoms with E-state index in [2.05, 4.69) is 4.98 Å². The average Bonchev–Trinajstić information content (AvgIpc) is 2.77. The van der Waals surface area contributed by atoms with E-state index in [4.69, 9.17) is 0 Å².